The SMILES string of the molecule is Cc1ccc2c(-c3ccc4oc5ccccc5c4c3)c3ccccc3c(-c3cccc4c3-c3ccccc3C4(C)C)c2c1. The molecule has 0 N–H and O–H groups in total. The number of furan rings is 1. The molecule has 1 aliphatic carbocycles. The van der Waals surface area contributed by atoms with Crippen molar-refractivity contribution < 1.29 is 4.42 Å². The van der Waals surface area contributed by atoms with E-state index in [1.807, 2.05) is 6.07 Å². The molecule has 0 saturated heterocycles. The number of hydrogen-bond acceptors (Lipinski definition) is 1. The highest BCUT2D eigenvalue weighted by Gasteiger charge is 2.37. The minimum absolute atomic E-state index is 0.0494. The summed E-state index contributed by atoms with van der Waals surface area (Å²) in [7, 11) is 0. The molecule has 0 bridgehead atoms. The van der Waals surface area contributed by atoms with Crippen LogP contribution in [0.2, 0.25) is 0 Å². The summed E-state index contributed by atoms with van der Waals surface area (Å²) in [6.07, 6.45) is 0. The first-order chi connectivity index (χ1) is 21.0. The molecule has 0 atom stereocenters. The smallest absolute Gasteiger partial charge is 0.135 e. The molecule has 1 aromatic heterocycles. The molecule has 1 aliphatic rings. The zero-order valence-electron chi connectivity index (χ0n) is 24.5. The third kappa shape index (κ3) is 3.34. The first-order valence-corrected chi connectivity index (χ1v) is 15.1. The van der Waals surface area contributed by atoms with Gasteiger partial charge in [0.15, 0.2) is 0 Å². The van der Waals surface area contributed by atoms with E-state index in [-0.39, 0.29) is 5.41 Å². The first kappa shape index (κ1) is 24.5. The molecule has 0 aliphatic heterocycles. The van der Waals surface area contributed by atoms with Crippen molar-refractivity contribution in [2.24, 2.45) is 0 Å². The van der Waals surface area contributed by atoms with Crippen LogP contribution in [0.4, 0.5) is 0 Å². The van der Waals surface area contributed by atoms with Crippen molar-refractivity contribution in [3.8, 4) is 33.4 Å². The van der Waals surface area contributed by atoms with Gasteiger partial charge in [0.2, 0.25) is 0 Å². The summed E-state index contributed by atoms with van der Waals surface area (Å²) in [5.41, 5.74) is 13.7. The van der Waals surface area contributed by atoms with Gasteiger partial charge in [-0.2, -0.15) is 0 Å². The van der Waals surface area contributed by atoms with Crippen molar-refractivity contribution in [3.63, 3.8) is 0 Å². The largest absolute Gasteiger partial charge is 0.456 e. The van der Waals surface area contributed by atoms with E-state index in [1.165, 1.54) is 71.6 Å². The fourth-order valence-corrected chi connectivity index (χ4v) is 7.74. The van der Waals surface area contributed by atoms with E-state index in [1.54, 1.807) is 0 Å². The van der Waals surface area contributed by atoms with Crippen LogP contribution in [-0.2, 0) is 5.41 Å². The number of benzene rings is 7. The molecule has 7 aromatic carbocycles. The predicted molar refractivity (Wildman–Crippen MR) is 182 cm³/mol. The summed E-state index contributed by atoms with van der Waals surface area (Å²) in [5.74, 6) is 0. The molecule has 0 spiro atoms. The molecule has 43 heavy (non-hydrogen) atoms. The van der Waals surface area contributed by atoms with Gasteiger partial charge in [-0.1, -0.05) is 129 Å². The van der Waals surface area contributed by atoms with Crippen LogP contribution in [0.25, 0.3) is 76.9 Å². The van der Waals surface area contributed by atoms with E-state index in [0.29, 0.717) is 0 Å². The second-order valence-electron chi connectivity index (χ2n) is 12.6. The van der Waals surface area contributed by atoms with Crippen molar-refractivity contribution in [2.75, 3.05) is 0 Å². The summed E-state index contributed by atoms with van der Waals surface area (Å²) in [4.78, 5) is 0. The third-order valence-electron chi connectivity index (χ3n) is 9.72. The van der Waals surface area contributed by atoms with E-state index >= 15 is 0 Å². The third-order valence-corrected chi connectivity index (χ3v) is 9.72. The van der Waals surface area contributed by atoms with Crippen LogP contribution in [0.3, 0.4) is 0 Å². The molecule has 0 saturated carbocycles. The molecule has 0 fully saturated rings. The van der Waals surface area contributed by atoms with Crippen molar-refractivity contribution in [3.05, 3.63) is 144 Å². The van der Waals surface area contributed by atoms with Crippen LogP contribution in [-0.4, -0.2) is 0 Å². The highest BCUT2D eigenvalue weighted by Crippen LogP contribution is 2.54. The number of rotatable bonds is 2. The average molecular weight is 551 g/mol. The summed E-state index contributed by atoms with van der Waals surface area (Å²) >= 11 is 0. The molecule has 0 amide bonds. The first-order valence-electron chi connectivity index (χ1n) is 15.1. The van der Waals surface area contributed by atoms with Crippen LogP contribution >= 0.6 is 0 Å². The Labute approximate surface area is 251 Å². The van der Waals surface area contributed by atoms with Gasteiger partial charge in [0.25, 0.3) is 0 Å². The molecule has 1 heterocycles. The van der Waals surface area contributed by atoms with Crippen LogP contribution in [0.15, 0.2) is 132 Å². The Morgan fingerprint density at radius 2 is 1.09 bits per heavy atom. The lowest BCUT2D eigenvalue weighted by atomic mass is 9.80. The predicted octanol–water partition coefficient (Wildman–Crippen LogP) is 11.8. The van der Waals surface area contributed by atoms with Gasteiger partial charge < -0.3 is 4.42 Å². The Morgan fingerprint density at radius 1 is 0.442 bits per heavy atom. The minimum Gasteiger partial charge on any atom is -0.456 e. The van der Waals surface area contributed by atoms with Crippen LogP contribution in [0.1, 0.15) is 30.5 Å². The van der Waals surface area contributed by atoms with E-state index < -0.39 is 0 Å². The number of fused-ring (bicyclic) bond motifs is 8. The molecular formula is C42H30O. The highest BCUT2D eigenvalue weighted by molar-refractivity contribution is 6.23. The summed E-state index contributed by atoms with van der Waals surface area (Å²) in [6.45, 7) is 6.93. The fraction of sp³-hybridized carbons (Fsp3) is 0.0952. The molecular weight excluding hydrogens is 520 g/mol. The van der Waals surface area contributed by atoms with Gasteiger partial charge in [-0.25, -0.2) is 0 Å². The number of aryl methyl sites for hydroxylation is 1. The number of hydrogen-bond donors (Lipinski definition) is 0. The van der Waals surface area contributed by atoms with Gasteiger partial charge in [0.1, 0.15) is 11.2 Å². The Kier molecular flexibility index (Phi) is 4.94. The van der Waals surface area contributed by atoms with E-state index in [4.69, 9.17) is 4.42 Å². The van der Waals surface area contributed by atoms with Gasteiger partial charge in [-0.05, 0) is 91.2 Å². The molecule has 0 radical (unpaired) electrons. The van der Waals surface area contributed by atoms with E-state index in [0.717, 1.165) is 21.9 Å². The second-order valence-corrected chi connectivity index (χ2v) is 12.6. The average Bonchev–Trinajstić information content (AvgIpc) is 3.52. The highest BCUT2D eigenvalue weighted by atomic mass is 16.3. The maximum Gasteiger partial charge on any atom is 0.135 e. The zero-order valence-corrected chi connectivity index (χ0v) is 24.5. The molecule has 0 unspecified atom stereocenters. The molecule has 1 nitrogen and oxygen atoms in total. The monoisotopic (exact) mass is 550 g/mol. The van der Waals surface area contributed by atoms with Crippen LogP contribution in [0.5, 0.6) is 0 Å². The summed E-state index contributed by atoms with van der Waals surface area (Å²) < 4.78 is 6.20. The maximum atomic E-state index is 6.20. The van der Waals surface area contributed by atoms with Crippen molar-refractivity contribution >= 4 is 43.5 Å². The maximum absolute atomic E-state index is 6.20. The number of para-hydroxylation sites is 1. The van der Waals surface area contributed by atoms with E-state index in [9.17, 15) is 0 Å². The standard InChI is InChI=1S/C42H30O/c1-25-19-21-30-34(23-25)40(32-15-10-17-36-41(32)31-14-6-8-16-35(31)42(36,2)3)29-13-5-4-12-28(29)39(30)26-20-22-38-33(24-26)27-11-7-9-18-37(27)43-38/h4-24H,1-3H3. The van der Waals surface area contributed by atoms with Crippen LogP contribution < -0.4 is 0 Å². The van der Waals surface area contributed by atoms with Gasteiger partial charge in [0.05, 0.1) is 0 Å². The van der Waals surface area contributed by atoms with E-state index in [2.05, 4.69) is 142 Å². The Bertz CT molecular complexity index is 2440. The minimum atomic E-state index is -0.0494. The lowest BCUT2D eigenvalue weighted by molar-refractivity contribution is 0.660. The van der Waals surface area contributed by atoms with Crippen molar-refractivity contribution in [2.45, 2.75) is 26.2 Å². The summed E-state index contributed by atoms with van der Waals surface area (Å²) in [6, 6.07) is 46.8. The molecule has 8 aromatic rings. The second kappa shape index (κ2) is 8.69. The van der Waals surface area contributed by atoms with Gasteiger partial charge in [-0.15, -0.1) is 0 Å². The van der Waals surface area contributed by atoms with Crippen molar-refractivity contribution in [1.29, 1.82) is 0 Å². The normalized spacial score (nSPS) is 13.7. The Hall–Kier alpha value is -5.14. The van der Waals surface area contributed by atoms with Crippen LogP contribution in [0, 0.1) is 6.92 Å². The van der Waals surface area contributed by atoms with Gasteiger partial charge in [0, 0.05) is 16.2 Å². The zero-order chi connectivity index (χ0) is 28.9. The Morgan fingerprint density at radius 3 is 1.95 bits per heavy atom. The lowest BCUT2D eigenvalue weighted by Crippen LogP contribution is -2.14. The quantitative estimate of drug-likeness (QED) is 0.195. The molecule has 9 rings (SSSR count). The fourth-order valence-electron chi connectivity index (χ4n) is 7.74. The van der Waals surface area contributed by atoms with Gasteiger partial charge >= 0.3 is 0 Å². The summed E-state index contributed by atoms with van der Waals surface area (Å²) in [5, 5.41) is 7.42. The molecule has 1 heteroatoms. The van der Waals surface area contributed by atoms with Crippen molar-refractivity contribution in [1.82, 2.24) is 0 Å². The topological polar surface area (TPSA) is 13.1 Å². The Balaban J connectivity index is 1.42. The van der Waals surface area contributed by atoms with Gasteiger partial charge in [-0.3, -0.25) is 0 Å². The molecule has 204 valence electrons. The lowest BCUT2D eigenvalue weighted by Gasteiger charge is -2.22.